The molecule has 2 aromatic rings. The molecule has 0 aliphatic carbocycles. The second-order valence-corrected chi connectivity index (χ2v) is 7.47. The number of ether oxygens (including phenoxy) is 2. The van der Waals surface area contributed by atoms with Gasteiger partial charge in [0, 0.05) is 5.25 Å². The highest BCUT2D eigenvalue weighted by molar-refractivity contribution is 7.85. The number of hydrogen-bond donors (Lipinski definition) is 2. The van der Waals surface area contributed by atoms with E-state index < -0.39 is 16.1 Å². The van der Waals surface area contributed by atoms with Gasteiger partial charge in [-0.2, -0.15) is 21.0 Å². The average molecular weight is 394 g/mol. The Morgan fingerprint density at radius 2 is 1.65 bits per heavy atom. The van der Waals surface area contributed by atoms with E-state index in [9.17, 15) is 13.2 Å². The van der Waals surface area contributed by atoms with Crippen molar-refractivity contribution in [1.29, 1.82) is 0 Å². The van der Waals surface area contributed by atoms with E-state index in [0.717, 1.165) is 23.3 Å². The number of esters is 1. The maximum absolute atomic E-state index is 11.8. The Balaban J connectivity index is 1.89. The van der Waals surface area contributed by atoms with E-state index in [1.165, 1.54) is 12.1 Å². The smallest absolute Gasteiger partial charge is 0.349 e. The van der Waals surface area contributed by atoms with Gasteiger partial charge in [0.05, 0.1) is 4.90 Å². The molecule has 1 atom stereocenters. The highest BCUT2D eigenvalue weighted by atomic mass is 32.2. The van der Waals surface area contributed by atoms with Gasteiger partial charge in [-0.25, -0.2) is 4.79 Å². The maximum Gasteiger partial charge on any atom is 0.349 e. The summed E-state index contributed by atoms with van der Waals surface area (Å²) in [4.78, 5) is 11.5. The number of hydrogen-bond acceptors (Lipinski definition) is 6. The lowest BCUT2D eigenvalue weighted by Crippen LogP contribution is -2.17. The molecular weight excluding hydrogens is 376 g/mol. The van der Waals surface area contributed by atoms with E-state index in [1.807, 2.05) is 19.1 Å². The van der Waals surface area contributed by atoms with E-state index in [1.54, 1.807) is 12.1 Å². The summed E-state index contributed by atoms with van der Waals surface area (Å²) in [7, 11) is -4.29. The molecule has 2 aromatic carbocycles. The Morgan fingerprint density at radius 3 is 2.15 bits per heavy atom. The second kappa shape index (κ2) is 8.39. The Labute approximate surface area is 157 Å². The van der Waals surface area contributed by atoms with Crippen LogP contribution < -0.4 is 9.47 Å². The molecule has 6 nitrogen and oxygen atoms in total. The molecule has 0 aliphatic rings. The Bertz CT molecular complexity index is 886. The quantitative estimate of drug-likeness (QED) is 0.246. The summed E-state index contributed by atoms with van der Waals surface area (Å²) in [5, 5.41) is -0.0697. The van der Waals surface area contributed by atoms with Gasteiger partial charge in [0.15, 0.2) is 6.61 Å². The molecule has 0 saturated heterocycles. The first-order chi connectivity index (χ1) is 12.2. The van der Waals surface area contributed by atoms with Crippen molar-refractivity contribution in [3.05, 3.63) is 66.2 Å². The molecule has 0 bridgehead atoms. The minimum Gasteiger partial charge on any atom is -0.482 e. The van der Waals surface area contributed by atoms with Gasteiger partial charge < -0.3 is 9.47 Å². The van der Waals surface area contributed by atoms with Crippen LogP contribution in [0.15, 0.2) is 65.6 Å². The summed E-state index contributed by atoms with van der Waals surface area (Å²) >= 11 is 4.45. The molecule has 2 rings (SSSR count). The average Bonchev–Trinajstić information content (AvgIpc) is 2.59. The van der Waals surface area contributed by atoms with Gasteiger partial charge in [0.1, 0.15) is 11.5 Å². The summed E-state index contributed by atoms with van der Waals surface area (Å²) in [5.41, 5.74) is 1.89. The van der Waals surface area contributed by atoms with Crippen LogP contribution in [0.5, 0.6) is 11.5 Å². The van der Waals surface area contributed by atoms with E-state index in [-0.39, 0.29) is 22.5 Å². The van der Waals surface area contributed by atoms with Crippen molar-refractivity contribution in [2.45, 2.75) is 17.1 Å². The van der Waals surface area contributed by atoms with E-state index in [0.29, 0.717) is 5.75 Å². The Hall–Kier alpha value is -2.29. The van der Waals surface area contributed by atoms with Crippen LogP contribution in [0.25, 0.3) is 0 Å². The Morgan fingerprint density at radius 1 is 1.12 bits per heavy atom. The van der Waals surface area contributed by atoms with Crippen LogP contribution in [0.1, 0.15) is 17.7 Å². The van der Waals surface area contributed by atoms with Gasteiger partial charge >= 0.3 is 5.97 Å². The Kier molecular flexibility index (Phi) is 6.47. The van der Waals surface area contributed by atoms with Crippen LogP contribution in [0.2, 0.25) is 0 Å². The van der Waals surface area contributed by atoms with Crippen molar-refractivity contribution in [3.8, 4) is 11.5 Å². The molecule has 0 heterocycles. The molecule has 1 N–H and O–H groups in total. The van der Waals surface area contributed by atoms with E-state index >= 15 is 0 Å². The molecule has 1 unspecified atom stereocenters. The van der Waals surface area contributed by atoms with E-state index in [4.69, 9.17) is 14.0 Å². The van der Waals surface area contributed by atoms with Gasteiger partial charge in [0.2, 0.25) is 0 Å². The predicted molar refractivity (Wildman–Crippen MR) is 100 cm³/mol. The van der Waals surface area contributed by atoms with Crippen LogP contribution in [0.3, 0.4) is 0 Å². The molecule has 0 aromatic heterocycles. The van der Waals surface area contributed by atoms with Crippen molar-refractivity contribution in [2.75, 3.05) is 6.61 Å². The standard InChI is InChI=1S/C18H18O6S2/c1-12(2)18(25)13-3-5-14(6-4-13)23-11-17(19)24-15-7-9-16(10-8-15)26(20,21)22/h3-10,18,25H,1,11H2,2H3,(H,20,21,22). The maximum atomic E-state index is 11.8. The zero-order valence-electron chi connectivity index (χ0n) is 14.0. The van der Waals surface area contributed by atoms with Crippen molar-refractivity contribution in [3.63, 3.8) is 0 Å². The molecule has 0 amide bonds. The monoisotopic (exact) mass is 394 g/mol. The fourth-order valence-corrected chi connectivity index (χ4v) is 2.67. The fourth-order valence-electron chi connectivity index (χ4n) is 2.01. The van der Waals surface area contributed by atoms with Crippen molar-refractivity contribution in [2.24, 2.45) is 0 Å². The number of rotatable bonds is 7. The lowest BCUT2D eigenvalue weighted by Gasteiger charge is -2.12. The summed E-state index contributed by atoms with van der Waals surface area (Å²) in [6, 6.07) is 11.9. The van der Waals surface area contributed by atoms with Crippen LogP contribution in [0, 0.1) is 0 Å². The first-order valence-electron chi connectivity index (χ1n) is 7.51. The van der Waals surface area contributed by atoms with E-state index in [2.05, 4.69) is 19.2 Å². The third-order valence-corrected chi connectivity index (χ3v) is 4.98. The van der Waals surface area contributed by atoms with Gasteiger partial charge in [-0.15, -0.1) is 0 Å². The first-order valence-corrected chi connectivity index (χ1v) is 9.47. The largest absolute Gasteiger partial charge is 0.482 e. The highest BCUT2D eigenvalue weighted by Gasteiger charge is 2.11. The second-order valence-electron chi connectivity index (χ2n) is 5.53. The van der Waals surface area contributed by atoms with Crippen molar-refractivity contribution < 1.29 is 27.2 Å². The van der Waals surface area contributed by atoms with Gasteiger partial charge in [-0.1, -0.05) is 24.3 Å². The molecule has 138 valence electrons. The minimum atomic E-state index is -4.29. The summed E-state index contributed by atoms with van der Waals surface area (Å²) < 4.78 is 41.2. The lowest BCUT2D eigenvalue weighted by atomic mass is 10.1. The zero-order valence-corrected chi connectivity index (χ0v) is 15.7. The summed E-state index contributed by atoms with van der Waals surface area (Å²) in [6.45, 7) is 5.43. The molecule has 26 heavy (non-hydrogen) atoms. The summed E-state index contributed by atoms with van der Waals surface area (Å²) in [6.07, 6.45) is 0. The van der Waals surface area contributed by atoms with Crippen molar-refractivity contribution in [1.82, 2.24) is 0 Å². The molecule has 0 fully saturated rings. The molecule has 8 heteroatoms. The third-order valence-electron chi connectivity index (χ3n) is 3.37. The van der Waals surface area contributed by atoms with Gasteiger partial charge in [-0.3, -0.25) is 4.55 Å². The zero-order chi connectivity index (χ0) is 19.3. The molecular formula is C18H18O6S2. The normalized spacial score (nSPS) is 12.3. The molecule has 0 radical (unpaired) electrons. The van der Waals surface area contributed by atoms with Crippen LogP contribution >= 0.6 is 12.6 Å². The number of carbonyl (C=O) groups is 1. The molecule has 0 spiro atoms. The predicted octanol–water partition coefficient (Wildman–Crippen LogP) is 3.46. The lowest BCUT2D eigenvalue weighted by molar-refractivity contribution is -0.136. The third kappa shape index (κ3) is 5.62. The van der Waals surface area contributed by atoms with Crippen LogP contribution in [0.4, 0.5) is 0 Å². The number of carbonyl (C=O) groups excluding carboxylic acids is 1. The highest BCUT2D eigenvalue weighted by Crippen LogP contribution is 2.28. The molecule has 0 saturated carbocycles. The van der Waals surface area contributed by atoms with Crippen LogP contribution in [-0.2, 0) is 14.9 Å². The minimum absolute atomic E-state index is 0.0697. The fraction of sp³-hybridized carbons (Fsp3) is 0.167. The van der Waals surface area contributed by atoms with Gasteiger partial charge in [-0.05, 0) is 48.9 Å². The first kappa shape index (κ1) is 20.0. The molecule has 0 aliphatic heterocycles. The van der Waals surface area contributed by atoms with Crippen LogP contribution in [-0.4, -0.2) is 25.5 Å². The number of benzene rings is 2. The van der Waals surface area contributed by atoms with Gasteiger partial charge in [0.25, 0.3) is 10.1 Å². The number of thiol groups is 1. The van der Waals surface area contributed by atoms with Crippen molar-refractivity contribution >= 4 is 28.7 Å². The summed E-state index contributed by atoms with van der Waals surface area (Å²) in [5.74, 6) is -0.0157. The topological polar surface area (TPSA) is 89.9 Å². The SMILES string of the molecule is C=C(C)C(S)c1ccc(OCC(=O)Oc2ccc(S(=O)(=O)O)cc2)cc1.